The Morgan fingerprint density at radius 1 is 0.969 bits per heavy atom. The number of hydrogen-bond acceptors (Lipinski definition) is 7. The van der Waals surface area contributed by atoms with Gasteiger partial charge >= 0.3 is 11.9 Å². The van der Waals surface area contributed by atoms with E-state index in [0.29, 0.717) is 5.69 Å². The Morgan fingerprint density at radius 2 is 1.72 bits per heavy atom. The van der Waals surface area contributed by atoms with Gasteiger partial charge in [-0.25, -0.2) is 9.59 Å². The first-order valence-corrected chi connectivity index (χ1v) is 10.8. The molecule has 10 heteroatoms. The topological polar surface area (TPSA) is 138 Å². The molecule has 9 nitrogen and oxygen atoms in total. The summed E-state index contributed by atoms with van der Waals surface area (Å²) in [4.78, 5) is 58.4. The molecule has 0 atom stereocenters. The maximum absolute atomic E-state index is 12.4. The molecule has 1 heterocycles. The van der Waals surface area contributed by atoms with E-state index in [9.17, 15) is 24.2 Å². The van der Waals surface area contributed by atoms with Crippen molar-refractivity contribution < 1.29 is 33.6 Å². The van der Waals surface area contributed by atoms with Crippen LogP contribution in [-0.4, -0.2) is 45.8 Å². The van der Waals surface area contributed by atoms with Gasteiger partial charge in [0.2, 0.25) is 0 Å². The average Bonchev–Trinajstić information content (AvgIpc) is 3.22. The fourth-order valence-corrected chi connectivity index (χ4v) is 3.32. The molecule has 0 saturated heterocycles. The minimum absolute atomic E-state index is 0.0735. The fraction of sp³-hybridized carbons (Fsp3) is 0.136. The van der Waals surface area contributed by atoms with Gasteiger partial charge < -0.3 is 29.6 Å². The zero-order valence-corrected chi connectivity index (χ0v) is 18.0. The highest BCUT2D eigenvalue weighted by Crippen LogP contribution is 2.26. The molecule has 0 saturated carbocycles. The number of amides is 1. The smallest absolute Gasteiger partial charge is 0.341 e. The van der Waals surface area contributed by atoms with Crippen LogP contribution in [-0.2, 0) is 14.3 Å². The number of nitrogens with one attached hydrogen (secondary N) is 2. The molecule has 0 spiro atoms. The van der Waals surface area contributed by atoms with Crippen LogP contribution in [0.3, 0.4) is 0 Å². The summed E-state index contributed by atoms with van der Waals surface area (Å²) in [5.74, 6) is -1.97. The standard InChI is InChI=1S/C22H21N2O7P/c1-2-30-22(27)17-12-18(14-7-4-3-5-8-14)23-20(17)24-19(25)13-31-21(26)15-9-6-10-16(11-15)32(28)29/h3-12,23,28-29H,2,13H2,1H3,(H,24,25). The predicted octanol–water partition coefficient (Wildman–Crippen LogP) is 2.58. The molecular formula is C22H21N2O7P. The first kappa shape index (κ1) is 23.1. The normalized spacial score (nSPS) is 10.6. The van der Waals surface area contributed by atoms with Crippen molar-refractivity contribution >= 4 is 37.3 Å². The van der Waals surface area contributed by atoms with Crippen molar-refractivity contribution in [3.8, 4) is 11.3 Å². The summed E-state index contributed by atoms with van der Waals surface area (Å²) in [6.45, 7) is 1.23. The number of aromatic amines is 1. The van der Waals surface area contributed by atoms with Crippen LogP contribution in [0.4, 0.5) is 5.82 Å². The van der Waals surface area contributed by atoms with Gasteiger partial charge in [0.25, 0.3) is 5.91 Å². The van der Waals surface area contributed by atoms with Gasteiger partial charge in [-0.3, -0.25) is 4.79 Å². The van der Waals surface area contributed by atoms with Crippen molar-refractivity contribution in [1.29, 1.82) is 0 Å². The Labute approximate surface area is 184 Å². The van der Waals surface area contributed by atoms with Crippen molar-refractivity contribution in [2.24, 2.45) is 0 Å². The SMILES string of the molecule is CCOC(=O)c1cc(-c2ccccc2)[nH]c1NC(=O)COC(=O)c1cccc(P(O)O)c1. The molecule has 4 N–H and O–H groups in total. The molecule has 3 rings (SSSR count). The molecule has 0 aliphatic carbocycles. The van der Waals surface area contributed by atoms with Crippen molar-refractivity contribution in [3.63, 3.8) is 0 Å². The van der Waals surface area contributed by atoms with E-state index in [-0.39, 0.29) is 28.9 Å². The van der Waals surface area contributed by atoms with E-state index < -0.39 is 32.8 Å². The third kappa shape index (κ3) is 5.79. The summed E-state index contributed by atoms with van der Waals surface area (Å²) in [5.41, 5.74) is 1.61. The summed E-state index contributed by atoms with van der Waals surface area (Å²) in [5, 5.41) is 2.71. The highest BCUT2D eigenvalue weighted by molar-refractivity contribution is 7.54. The number of hydrogen-bond donors (Lipinski definition) is 4. The van der Waals surface area contributed by atoms with Gasteiger partial charge in [0.1, 0.15) is 11.4 Å². The average molecular weight is 456 g/mol. The second-order valence-corrected chi connectivity index (χ2v) is 7.62. The summed E-state index contributed by atoms with van der Waals surface area (Å²) in [7, 11) is -2.36. The predicted molar refractivity (Wildman–Crippen MR) is 119 cm³/mol. The number of benzene rings is 2. The van der Waals surface area contributed by atoms with Crippen LogP contribution in [0.5, 0.6) is 0 Å². The molecule has 2 aromatic carbocycles. The highest BCUT2D eigenvalue weighted by atomic mass is 31.2. The van der Waals surface area contributed by atoms with Crippen LogP contribution >= 0.6 is 8.38 Å². The lowest BCUT2D eigenvalue weighted by molar-refractivity contribution is -0.119. The molecule has 1 amide bonds. The molecule has 0 unspecified atom stereocenters. The number of ether oxygens (including phenoxy) is 2. The minimum atomic E-state index is -2.36. The Morgan fingerprint density at radius 3 is 2.41 bits per heavy atom. The van der Waals surface area contributed by atoms with Crippen molar-refractivity contribution in [2.45, 2.75) is 6.92 Å². The van der Waals surface area contributed by atoms with Crippen LogP contribution in [0.2, 0.25) is 0 Å². The maximum Gasteiger partial charge on any atom is 0.341 e. The number of anilines is 1. The second-order valence-electron chi connectivity index (χ2n) is 6.52. The fourth-order valence-electron chi connectivity index (χ4n) is 2.84. The van der Waals surface area contributed by atoms with E-state index in [1.807, 2.05) is 30.3 Å². The van der Waals surface area contributed by atoms with Gasteiger partial charge in [-0.2, -0.15) is 0 Å². The Balaban J connectivity index is 1.71. The maximum atomic E-state index is 12.4. The lowest BCUT2D eigenvalue weighted by Gasteiger charge is -2.08. The number of H-pyrrole nitrogens is 1. The minimum Gasteiger partial charge on any atom is -0.462 e. The lowest BCUT2D eigenvalue weighted by Crippen LogP contribution is -2.22. The molecule has 166 valence electrons. The first-order chi connectivity index (χ1) is 15.4. The number of rotatable bonds is 8. The van der Waals surface area contributed by atoms with Crippen molar-refractivity contribution in [3.05, 3.63) is 71.8 Å². The Kier molecular flexibility index (Phi) is 7.72. The number of aromatic nitrogens is 1. The van der Waals surface area contributed by atoms with Crippen LogP contribution < -0.4 is 10.6 Å². The molecule has 1 aromatic heterocycles. The van der Waals surface area contributed by atoms with E-state index in [2.05, 4.69) is 10.3 Å². The Bertz CT molecular complexity index is 1110. The van der Waals surface area contributed by atoms with Gasteiger partial charge in [0, 0.05) is 11.0 Å². The van der Waals surface area contributed by atoms with Gasteiger partial charge in [-0.15, -0.1) is 0 Å². The molecule has 0 radical (unpaired) electrons. The molecule has 32 heavy (non-hydrogen) atoms. The largest absolute Gasteiger partial charge is 0.462 e. The van der Waals surface area contributed by atoms with Crippen molar-refractivity contribution in [2.75, 3.05) is 18.5 Å². The van der Waals surface area contributed by atoms with Gasteiger partial charge in [-0.1, -0.05) is 36.4 Å². The Hall–Kier alpha value is -3.52. The molecule has 0 aliphatic rings. The summed E-state index contributed by atoms with van der Waals surface area (Å²) >= 11 is 0. The number of carbonyl (C=O) groups excluding carboxylic acids is 3. The number of carbonyl (C=O) groups is 3. The van der Waals surface area contributed by atoms with Crippen LogP contribution in [0.1, 0.15) is 27.6 Å². The van der Waals surface area contributed by atoms with Crippen LogP contribution in [0.25, 0.3) is 11.3 Å². The second kappa shape index (κ2) is 10.7. The van der Waals surface area contributed by atoms with E-state index in [1.54, 1.807) is 13.0 Å². The summed E-state index contributed by atoms with van der Waals surface area (Å²) in [6, 6.07) is 16.4. The molecule has 3 aromatic rings. The quantitative estimate of drug-likeness (QED) is 0.302. The van der Waals surface area contributed by atoms with Crippen LogP contribution in [0.15, 0.2) is 60.7 Å². The van der Waals surface area contributed by atoms with Crippen molar-refractivity contribution in [1.82, 2.24) is 4.98 Å². The van der Waals surface area contributed by atoms with E-state index in [4.69, 9.17) is 9.47 Å². The van der Waals surface area contributed by atoms with Crippen LogP contribution in [0, 0.1) is 0 Å². The van der Waals surface area contributed by atoms with E-state index in [1.165, 1.54) is 24.3 Å². The molecule has 0 fully saturated rings. The lowest BCUT2D eigenvalue weighted by atomic mass is 10.1. The third-order valence-corrected chi connectivity index (χ3v) is 5.05. The summed E-state index contributed by atoms with van der Waals surface area (Å²) < 4.78 is 10.0. The molecule has 0 bridgehead atoms. The zero-order chi connectivity index (χ0) is 23.1. The highest BCUT2D eigenvalue weighted by Gasteiger charge is 2.20. The molecular weight excluding hydrogens is 435 g/mol. The first-order valence-electron chi connectivity index (χ1n) is 9.59. The summed E-state index contributed by atoms with van der Waals surface area (Å²) in [6.07, 6.45) is 0. The van der Waals surface area contributed by atoms with Gasteiger partial charge in [0.15, 0.2) is 15.0 Å². The van der Waals surface area contributed by atoms with Gasteiger partial charge in [-0.05, 0) is 36.8 Å². The van der Waals surface area contributed by atoms with E-state index >= 15 is 0 Å². The van der Waals surface area contributed by atoms with Gasteiger partial charge in [0.05, 0.1) is 12.2 Å². The number of esters is 2. The zero-order valence-electron chi connectivity index (χ0n) is 17.1. The third-order valence-electron chi connectivity index (χ3n) is 4.31. The van der Waals surface area contributed by atoms with E-state index in [0.717, 1.165) is 5.56 Å². The monoisotopic (exact) mass is 456 g/mol. The molecule has 0 aliphatic heterocycles.